The number of aromatic nitrogens is 3. The van der Waals surface area contributed by atoms with Crippen molar-refractivity contribution in [3.05, 3.63) is 36.3 Å². The molecule has 0 radical (unpaired) electrons. The summed E-state index contributed by atoms with van der Waals surface area (Å²) in [6.07, 6.45) is 8.54. The van der Waals surface area contributed by atoms with Gasteiger partial charge in [0.25, 0.3) is 0 Å². The molecule has 2 aromatic heterocycles. The van der Waals surface area contributed by atoms with Crippen LogP contribution in [0.3, 0.4) is 0 Å². The lowest BCUT2D eigenvalue weighted by Gasteiger charge is -2.25. The van der Waals surface area contributed by atoms with E-state index in [4.69, 9.17) is 0 Å². The van der Waals surface area contributed by atoms with Gasteiger partial charge in [-0.15, -0.1) is 12.4 Å². The minimum absolute atomic E-state index is 0. The van der Waals surface area contributed by atoms with Gasteiger partial charge in [0.1, 0.15) is 0 Å². The zero-order valence-corrected chi connectivity index (χ0v) is 12.4. The zero-order valence-electron chi connectivity index (χ0n) is 11.6. The predicted octanol–water partition coefficient (Wildman–Crippen LogP) is 2.25. The van der Waals surface area contributed by atoms with E-state index in [1.165, 1.54) is 38.0 Å². The van der Waals surface area contributed by atoms with Gasteiger partial charge in [-0.05, 0) is 37.6 Å². The van der Waals surface area contributed by atoms with Crippen molar-refractivity contribution in [2.75, 3.05) is 19.6 Å². The van der Waals surface area contributed by atoms with Crippen molar-refractivity contribution in [1.82, 2.24) is 19.7 Å². The molecule has 2 aliphatic heterocycles. The lowest BCUT2D eigenvalue weighted by atomic mass is 9.78. The van der Waals surface area contributed by atoms with Crippen LogP contribution < -0.4 is 0 Å². The first-order chi connectivity index (χ1) is 9.25. The van der Waals surface area contributed by atoms with Gasteiger partial charge in [-0.3, -0.25) is 9.67 Å². The topological polar surface area (TPSA) is 34.0 Å². The van der Waals surface area contributed by atoms with E-state index in [1.54, 1.807) is 0 Å². The maximum atomic E-state index is 4.65. The fraction of sp³-hybridized carbons (Fsp3) is 0.467. The number of piperidine rings is 1. The van der Waals surface area contributed by atoms with E-state index in [9.17, 15) is 0 Å². The normalized spacial score (nSPS) is 27.6. The van der Waals surface area contributed by atoms with E-state index in [0.717, 1.165) is 11.3 Å². The molecule has 20 heavy (non-hydrogen) atoms. The van der Waals surface area contributed by atoms with Crippen LogP contribution in [0.2, 0.25) is 0 Å². The molecule has 0 spiro atoms. The van der Waals surface area contributed by atoms with Gasteiger partial charge in [-0.2, -0.15) is 5.10 Å². The summed E-state index contributed by atoms with van der Waals surface area (Å²) >= 11 is 0. The van der Waals surface area contributed by atoms with E-state index in [0.29, 0.717) is 5.41 Å². The van der Waals surface area contributed by atoms with Crippen molar-refractivity contribution in [3.8, 4) is 11.3 Å². The van der Waals surface area contributed by atoms with Crippen LogP contribution in [0.4, 0.5) is 0 Å². The number of nitrogens with zero attached hydrogens (tertiary/aromatic N) is 4. The molecule has 0 atom stereocenters. The smallest absolute Gasteiger partial charge is 0.0733 e. The average Bonchev–Trinajstić information content (AvgIpc) is 3.15. The molecular formula is C15H19ClN4. The third-order valence-corrected chi connectivity index (χ3v) is 4.72. The molecule has 0 saturated carbocycles. The average molecular weight is 291 g/mol. The first kappa shape index (κ1) is 13.6. The lowest BCUT2D eigenvalue weighted by molar-refractivity contribution is 0.364. The van der Waals surface area contributed by atoms with Crippen molar-refractivity contribution in [2.24, 2.45) is 7.05 Å². The Bertz CT molecular complexity index is 597. The number of rotatable bonds is 2. The van der Waals surface area contributed by atoms with Gasteiger partial charge in [0.15, 0.2) is 0 Å². The van der Waals surface area contributed by atoms with Crippen molar-refractivity contribution >= 4 is 12.4 Å². The second-order valence-electron chi connectivity index (χ2n) is 5.89. The van der Waals surface area contributed by atoms with Crippen molar-refractivity contribution < 1.29 is 0 Å². The van der Waals surface area contributed by atoms with E-state index in [-0.39, 0.29) is 12.4 Å². The molecule has 2 saturated heterocycles. The van der Waals surface area contributed by atoms with Crippen LogP contribution in [0, 0.1) is 0 Å². The van der Waals surface area contributed by atoms with Crippen LogP contribution in [0.5, 0.6) is 0 Å². The van der Waals surface area contributed by atoms with Gasteiger partial charge >= 0.3 is 0 Å². The third-order valence-electron chi connectivity index (χ3n) is 4.72. The highest BCUT2D eigenvalue weighted by molar-refractivity contribution is 5.85. The quantitative estimate of drug-likeness (QED) is 0.851. The van der Waals surface area contributed by atoms with Crippen LogP contribution in [0.1, 0.15) is 18.4 Å². The van der Waals surface area contributed by atoms with Crippen LogP contribution >= 0.6 is 12.4 Å². The Morgan fingerprint density at radius 3 is 2.45 bits per heavy atom. The van der Waals surface area contributed by atoms with Crippen LogP contribution in [0.25, 0.3) is 11.3 Å². The number of fused-ring (bicyclic) bond motifs is 2. The van der Waals surface area contributed by atoms with Crippen molar-refractivity contribution in [3.63, 3.8) is 0 Å². The Morgan fingerprint density at radius 1 is 1.15 bits per heavy atom. The van der Waals surface area contributed by atoms with Gasteiger partial charge in [0.05, 0.1) is 11.9 Å². The summed E-state index contributed by atoms with van der Waals surface area (Å²) in [5, 5.41) is 4.20. The minimum Gasteiger partial charge on any atom is -0.302 e. The number of pyridine rings is 1. The van der Waals surface area contributed by atoms with Gasteiger partial charge in [-0.25, -0.2) is 0 Å². The number of hydrogen-bond acceptors (Lipinski definition) is 3. The van der Waals surface area contributed by atoms with Crippen molar-refractivity contribution in [2.45, 2.75) is 18.3 Å². The molecule has 2 aliphatic rings. The summed E-state index contributed by atoms with van der Waals surface area (Å²) in [5.41, 5.74) is 3.91. The molecule has 4 rings (SSSR count). The number of aryl methyl sites for hydroxylation is 1. The maximum absolute atomic E-state index is 4.65. The Labute approximate surface area is 125 Å². The Kier molecular flexibility index (Phi) is 3.30. The highest BCUT2D eigenvalue weighted by Gasteiger charge is 2.44. The molecule has 2 fully saturated rings. The summed E-state index contributed by atoms with van der Waals surface area (Å²) in [6, 6.07) is 4.41. The maximum Gasteiger partial charge on any atom is 0.0733 e. The Hall–Kier alpha value is -1.39. The molecule has 0 N–H and O–H groups in total. The molecule has 5 heteroatoms. The van der Waals surface area contributed by atoms with E-state index >= 15 is 0 Å². The fourth-order valence-corrected chi connectivity index (χ4v) is 3.54. The summed E-state index contributed by atoms with van der Waals surface area (Å²) in [7, 11) is 1.93. The second-order valence-corrected chi connectivity index (χ2v) is 5.89. The Balaban J connectivity index is 0.00000121. The third kappa shape index (κ3) is 2.03. The van der Waals surface area contributed by atoms with Gasteiger partial charge in [-0.1, -0.05) is 6.07 Å². The van der Waals surface area contributed by atoms with E-state index < -0.39 is 0 Å². The molecule has 106 valence electrons. The van der Waals surface area contributed by atoms with Crippen LogP contribution in [-0.2, 0) is 12.5 Å². The SMILES string of the molecule is Cl.Cn1cc(-c2ccc(C34CCN(CC3)C4)cn2)cn1. The Morgan fingerprint density at radius 2 is 1.95 bits per heavy atom. The van der Waals surface area contributed by atoms with E-state index in [2.05, 4.69) is 33.3 Å². The molecule has 0 aliphatic carbocycles. The zero-order chi connectivity index (χ0) is 12.9. The molecule has 2 bridgehead atoms. The number of halogens is 1. The summed E-state index contributed by atoms with van der Waals surface area (Å²) < 4.78 is 1.81. The minimum atomic E-state index is 0. The molecule has 2 aromatic rings. The van der Waals surface area contributed by atoms with Gasteiger partial charge < -0.3 is 4.90 Å². The second kappa shape index (κ2) is 4.86. The van der Waals surface area contributed by atoms with Crippen LogP contribution in [0.15, 0.2) is 30.7 Å². The van der Waals surface area contributed by atoms with Gasteiger partial charge in [0.2, 0.25) is 0 Å². The highest BCUT2D eigenvalue weighted by atomic mass is 35.5. The molecule has 0 amide bonds. The largest absolute Gasteiger partial charge is 0.302 e. The summed E-state index contributed by atoms with van der Waals surface area (Å²) in [6.45, 7) is 3.73. The first-order valence-corrected chi connectivity index (χ1v) is 6.93. The standard InChI is InChI=1S/C15H18N4.ClH/c1-18-10-12(8-17-18)14-3-2-13(9-16-14)15-4-6-19(11-15)7-5-15;/h2-3,8-10H,4-7,11H2,1H3;1H. The molecule has 0 unspecified atom stereocenters. The summed E-state index contributed by atoms with van der Waals surface area (Å²) in [4.78, 5) is 7.21. The van der Waals surface area contributed by atoms with Gasteiger partial charge in [0, 0.05) is 37.0 Å². The monoisotopic (exact) mass is 290 g/mol. The lowest BCUT2D eigenvalue weighted by Crippen LogP contribution is -2.24. The van der Waals surface area contributed by atoms with Crippen LogP contribution in [-0.4, -0.2) is 39.3 Å². The molecule has 4 nitrogen and oxygen atoms in total. The first-order valence-electron chi connectivity index (χ1n) is 6.93. The molecule has 4 heterocycles. The predicted molar refractivity (Wildman–Crippen MR) is 81.0 cm³/mol. The number of hydrogen-bond donors (Lipinski definition) is 0. The molecule has 0 aromatic carbocycles. The summed E-state index contributed by atoms with van der Waals surface area (Å²) in [5.74, 6) is 0. The van der Waals surface area contributed by atoms with E-state index in [1.807, 2.05) is 24.1 Å². The molecular weight excluding hydrogens is 272 g/mol. The highest BCUT2D eigenvalue weighted by Crippen LogP contribution is 2.42. The van der Waals surface area contributed by atoms with Crippen molar-refractivity contribution in [1.29, 1.82) is 0 Å². The fourth-order valence-electron chi connectivity index (χ4n) is 3.54.